The Balaban J connectivity index is 2.90. The van der Waals surface area contributed by atoms with Gasteiger partial charge in [-0.25, -0.2) is 12.8 Å². The third-order valence-corrected chi connectivity index (χ3v) is 2.71. The van der Waals surface area contributed by atoms with E-state index < -0.39 is 26.7 Å². The summed E-state index contributed by atoms with van der Waals surface area (Å²) in [6.45, 7) is 0. The highest BCUT2D eigenvalue weighted by Gasteiger charge is 2.18. The Labute approximate surface area is 85.6 Å². The van der Waals surface area contributed by atoms with Gasteiger partial charge in [0, 0.05) is 16.2 Å². The number of hydrogen-bond donors (Lipinski definition) is 1. The second-order valence-corrected chi connectivity index (χ2v) is 5.56. The van der Waals surface area contributed by atoms with Crippen LogP contribution in [0.15, 0.2) is 24.3 Å². The monoisotopic (exact) mass is 238 g/mol. The van der Waals surface area contributed by atoms with Crippen molar-refractivity contribution < 1.29 is 17.9 Å². The lowest BCUT2D eigenvalue weighted by Gasteiger charge is -2.09. The van der Waals surface area contributed by atoms with Gasteiger partial charge in [-0.3, -0.25) is 0 Å². The van der Waals surface area contributed by atoms with Gasteiger partial charge in [-0.05, 0) is 6.07 Å². The first-order chi connectivity index (χ1) is 6.40. The molecule has 1 aromatic rings. The Morgan fingerprint density at radius 1 is 1.43 bits per heavy atom. The maximum atomic E-state index is 13.0. The van der Waals surface area contributed by atoms with Gasteiger partial charge in [0.15, 0.2) is 0 Å². The number of aliphatic hydroxyl groups excluding tert-OH is 1. The molecule has 3 nitrogen and oxygen atoms in total. The van der Waals surface area contributed by atoms with Gasteiger partial charge in [-0.15, -0.1) is 0 Å². The van der Waals surface area contributed by atoms with Crippen LogP contribution in [0.1, 0.15) is 11.7 Å². The van der Waals surface area contributed by atoms with Crippen molar-refractivity contribution in [2.24, 2.45) is 0 Å². The molecule has 0 saturated carbocycles. The van der Waals surface area contributed by atoms with E-state index in [2.05, 4.69) is 0 Å². The number of halogens is 2. The largest absolute Gasteiger partial charge is 0.387 e. The summed E-state index contributed by atoms with van der Waals surface area (Å²) in [5, 5.41) is 9.33. The molecule has 0 aliphatic carbocycles. The zero-order valence-electron chi connectivity index (χ0n) is 7.02. The molecule has 1 atom stereocenters. The quantitative estimate of drug-likeness (QED) is 0.811. The van der Waals surface area contributed by atoms with Gasteiger partial charge in [-0.1, -0.05) is 18.2 Å². The molecule has 0 bridgehead atoms. The van der Waals surface area contributed by atoms with E-state index in [1.165, 1.54) is 18.2 Å². The van der Waals surface area contributed by atoms with Crippen LogP contribution in [0.2, 0.25) is 0 Å². The van der Waals surface area contributed by atoms with Crippen LogP contribution in [0.4, 0.5) is 4.39 Å². The smallest absolute Gasteiger partial charge is 0.235 e. The van der Waals surface area contributed by atoms with E-state index in [-0.39, 0.29) is 5.56 Å². The fraction of sp³-hybridized carbons (Fsp3) is 0.250. The van der Waals surface area contributed by atoms with E-state index in [4.69, 9.17) is 10.7 Å². The van der Waals surface area contributed by atoms with Crippen molar-refractivity contribution in [1.29, 1.82) is 0 Å². The zero-order valence-corrected chi connectivity index (χ0v) is 8.59. The molecule has 0 heterocycles. The van der Waals surface area contributed by atoms with Gasteiger partial charge >= 0.3 is 0 Å². The third-order valence-electron chi connectivity index (χ3n) is 1.62. The summed E-state index contributed by atoms with van der Waals surface area (Å²) < 4.78 is 34.2. The second-order valence-electron chi connectivity index (χ2n) is 2.74. The van der Waals surface area contributed by atoms with Gasteiger partial charge < -0.3 is 5.11 Å². The van der Waals surface area contributed by atoms with Crippen molar-refractivity contribution in [2.75, 3.05) is 5.75 Å². The minimum atomic E-state index is -3.83. The summed E-state index contributed by atoms with van der Waals surface area (Å²) in [7, 11) is 1.09. The number of benzene rings is 1. The van der Waals surface area contributed by atoms with Crippen LogP contribution in [-0.2, 0) is 9.05 Å². The maximum Gasteiger partial charge on any atom is 0.235 e. The minimum Gasteiger partial charge on any atom is -0.387 e. The molecule has 0 aromatic heterocycles. The summed E-state index contributed by atoms with van der Waals surface area (Å²) in [6.07, 6.45) is -1.43. The Morgan fingerprint density at radius 2 is 2.00 bits per heavy atom. The molecule has 1 aromatic carbocycles. The molecule has 1 unspecified atom stereocenters. The Kier molecular flexibility index (Phi) is 3.47. The average Bonchev–Trinajstić information content (AvgIpc) is 2.01. The molecule has 0 spiro atoms. The van der Waals surface area contributed by atoms with Crippen LogP contribution in [0.3, 0.4) is 0 Å². The van der Waals surface area contributed by atoms with Gasteiger partial charge in [0.25, 0.3) is 0 Å². The van der Waals surface area contributed by atoms with Crippen LogP contribution >= 0.6 is 10.7 Å². The normalized spacial score (nSPS) is 13.9. The lowest BCUT2D eigenvalue weighted by atomic mass is 10.1. The molecule has 0 saturated heterocycles. The average molecular weight is 239 g/mol. The van der Waals surface area contributed by atoms with Crippen LogP contribution in [0, 0.1) is 5.82 Å². The molecule has 0 amide bonds. The first kappa shape index (κ1) is 11.4. The van der Waals surface area contributed by atoms with E-state index >= 15 is 0 Å². The van der Waals surface area contributed by atoms with Gasteiger partial charge in [-0.2, -0.15) is 0 Å². The van der Waals surface area contributed by atoms with E-state index in [1.54, 1.807) is 0 Å². The molecule has 0 fully saturated rings. The number of aliphatic hydroxyl groups is 1. The fourth-order valence-electron chi connectivity index (χ4n) is 1.02. The van der Waals surface area contributed by atoms with E-state index in [9.17, 15) is 17.9 Å². The van der Waals surface area contributed by atoms with E-state index in [0.29, 0.717) is 0 Å². The van der Waals surface area contributed by atoms with Crippen LogP contribution in [0.25, 0.3) is 0 Å². The second kappa shape index (κ2) is 4.25. The highest BCUT2D eigenvalue weighted by Crippen LogP contribution is 2.19. The van der Waals surface area contributed by atoms with Crippen LogP contribution in [-0.4, -0.2) is 19.3 Å². The van der Waals surface area contributed by atoms with Gasteiger partial charge in [0.1, 0.15) is 5.82 Å². The molecule has 1 rings (SSSR count). The summed E-state index contributed by atoms with van der Waals surface area (Å²) in [6, 6.07) is 5.39. The Bertz CT molecular complexity index is 418. The zero-order chi connectivity index (χ0) is 10.8. The van der Waals surface area contributed by atoms with Crippen molar-refractivity contribution >= 4 is 19.7 Å². The topological polar surface area (TPSA) is 54.4 Å². The van der Waals surface area contributed by atoms with Crippen molar-refractivity contribution in [3.8, 4) is 0 Å². The van der Waals surface area contributed by atoms with Crippen molar-refractivity contribution in [1.82, 2.24) is 0 Å². The molecule has 0 aliphatic heterocycles. The predicted molar refractivity (Wildman–Crippen MR) is 51.0 cm³/mol. The Hall–Kier alpha value is -0.650. The number of hydrogen-bond acceptors (Lipinski definition) is 3. The molecule has 78 valence electrons. The molecular formula is C8H8ClFO3S. The SMILES string of the molecule is O=S(=O)(Cl)CC(O)c1ccccc1F. The first-order valence-corrected chi connectivity index (χ1v) is 6.23. The van der Waals surface area contributed by atoms with Crippen molar-refractivity contribution in [2.45, 2.75) is 6.10 Å². The maximum absolute atomic E-state index is 13.0. The Morgan fingerprint density at radius 3 is 2.50 bits per heavy atom. The summed E-state index contributed by atoms with van der Waals surface area (Å²) in [5.41, 5.74) is -0.0725. The highest BCUT2D eigenvalue weighted by atomic mass is 35.7. The van der Waals surface area contributed by atoms with Crippen LogP contribution < -0.4 is 0 Å². The lowest BCUT2D eigenvalue weighted by molar-refractivity contribution is 0.197. The van der Waals surface area contributed by atoms with E-state index in [0.717, 1.165) is 6.07 Å². The van der Waals surface area contributed by atoms with E-state index in [1.807, 2.05) is 0 Å². The molecule has 0 aliphatic rings. The number of rotatable bonds is 3. The first-order valence-electron chi connectivity index (χ1n) is 3.75. The lowest BCUT2D eigenvalue weighted by Crippen LogP contribution is -2.10. The van der Waals surface area contributed by atoms with Gasteiger partial charge in [0.05, 0.1) is 11.9 Å². The third kappa shape index (κ3) is 3.25. The van der Waals surface area contributed by atoms with Gasteiger partial charge in [0.2, 0.25) is 9.05 Å². The molecular weight excluding hydrogens is 231 g/mol. The summed E-state index contributed by atoms with van der Waals surface area (Å²) in [4.78, 5) is 0. The summed E-state index contributed by atoms with van der Waals surface area (Å²) in [5.74, 6) is -1.35. The highest BCUT2D eigenvalue weighted by molar-refractivity contribution is 8.13. The molecule has 14 heavy (non-hydrogen) atoms. The standard InChI is InChI=1S/C8H8ClFO3S/c9-14(12,13)5-8(11)6-3-1-2-4-7(6)10/h1-4,8,11H,5H2. The molecule has 1 N–H and O–H groups in total. The minimum absolute atomic E-state index is 0.0725. The van der Waals surface area contributed by atoms with Crippen molar-refractivity contribution in [3.63, 3.8) is 0 Å². The fourth-order valence-corrected chi connectivity index (χ4v) is 1.94. The molecule has 0 radical (unpaired) electrons. The van der Waals surface area contributed by atoms with Crippen LogP contribution in [0.5, 0.6) is 0 Å². The predicted octanol–water partition coefficient (Wildman–Crippen LogP) is 1.43. The van der Waals surface area contributed by atoms with Crippen molar-refractivity contribution in [3.05, 3.63) is 35.6 Å². The molecule has 6 heteroatoms. The summed E-state index contributed by atoms with van der Waals surface area (Å²) >= 11 is 0.